The lowest BCUT2D eigenvalue weighted by Gasteiger charge is -2.33. The maximum Gasteiger partial charge on any atom is 0.239 e. The lowest BCUT2D eigenvalue weighted by Crippen LogP contribution is -2.55. The largest absolute Gasteiger partial charge is 0.339 e. The van der Waals surface area contributed by atoms with Crippen molar-refractivity contribution < 1.29 is 4.79 Å². The van der Waals surface area contributed by atoms with Crippen LogP contribution in [-0.4, -0.2) is 42.5 Å². The summed E-state index contributed by atoms with van der Waals surface area (Å²) in [6, 6.07) is 9.85. The van der Waals surface area contributed by atoms with Crippen LogP contribution in [0.1, 0.15) is 12.5 Å². The minimum Gasteiger partial charge on any atom is -0.339 e. The second-order valence-electron chi connectivity index (χ2n) is 4.94. The second kappa shape index (κ2) is 5.98. The van der Waals surface area contributed by atoms with Crippen LogP contribution in [0, 0.1) is 0 Å². The molecule has 0 aromatic heterocycles. The van der Waals surface area contributed by atoms with Crippen molar-refractivity contribution in [1.29, 1.82) is 0 Å². The van der Waals surface area contributed by atoms with Gasteiger partial charge in [-0.25, -0.2) is 0 Å². The summed E-state index contributed by atoms with van der Waals surface area (Å²) in [5.41, 5.74) is 7.13. The number of benzene rings is 1. The van der Waals surface area contributed by atoms with E-state index in [1.54, 1.807) is 0 Å². The van der Waals surface area contributed by atoms with Crippen LogP contribution >= 0.6 is 0 Å². The molecule has 1 amide bonds. The Morgan fingerprint density at radius 2 is 2.22 bits per heavy atom. The average Bonchev–Trinajstić information content (AvgIpc) is 2.39. The third-order valence-corrected chi connectivity index (χ3v) is 3.30. The van der Waals surface area contributed by atoms with Crippen molar-refractivity contribution in [2.45, 2.75) is 25.4 Å². The van der Waals surface area contributed by atoms with Gasteiger partial charge in [-0.1, -0.05) is 30.3 Å². The monoisotopic (exact) mass is 247 g/mol. The Morgan fingerprint density at radius 1 is 1.50 bits per heavy atom. The van der Waals surface area contributed by atoms with E-state index in [9.17, 15) is 4.79 Å². The zero-order chi connectivity index (χ0) is 13.0. The van der Waals surface area contributed by atoms with Gasteiger partial charge < -0.3 is 16.0 Å². The number of hydrogen-bond donors (Lipinski definition) is 2. The van der Waals surface area contributed by atoms with Crippen molar-refractivity contribution in [2.75, 3.05) is 19.6 Å². The summed E-state index contributed by atoms with van der Waals surface area (Å²) in [6.07, 6.45) is 0.609. The molecule has 1 fully saturated rings. The van der Waals surface area contributed by atoms with Crippen LogP contribution in [0.25, 0.3) is 0 Å². The average molecular weight is 247 g/mol. The molecule has 98 valence electrons. The molecule has 1 heterocycles. The van der Waals surface area contributed by atoms with Gasteiger partial charge in [0.1, 0.15) is 0 Å². The number of amides is 1. The molecule has 3 N–H and O–H groups in total. The van der Waals surface area contributed by atoms with Gasteiger partial charge >= 0.3 is 0 Å². The second-order valence-corrected chi connectivity index (χ2v) is 4.94. The van der Waals surface area contributed by atoms with Gasteiger partial charge in [-0.05, 0) is 18.9 Å². The van der Waals surface area contributed by atoms with Gasteiger partial charge in [0.25, 0.3) is 0 Å². The fourth-order valence-corrected chi connectivity index (χ4v) is 2.32. The molecule has 0 spiro atoms. The highest BCUT2D eigenvalue weighted by Crippen LogP contribution is 2.06. The van der Waals surface area contributed by atoms with Crippen molar-refractivity contribution in [2.24, 2.45) is 5.73 Å². The maximum absolute atomic E-state index is 12.2. The molecule has 1 saturated heterocycles. The number of hydrogen-bond acceptors (Lipinski definition) is 3. The van der Waals surface area contributed by atoms with Crippen LogP contribution in [0.3, 0.4) is 0 Å². The summed E-state index contributed by atoms with van der Waals surface area (Å²) >= 11 is 0. The summed E-state index contributed by atoms with van der Waals surface area (Å²) in [6.45, 7) is 4.44. The summed E-state index contributed by atoms with van der Waals surface area (Å²) in [5.74, 6) is 0.0622. The molecule has 1 aromatic carbocycles. The quantitative estimate of drug-likeness (QED) is 0.811. The lowest BCUT2D eigenvalue weighted by molar-refractivity contribution is -0.133. The smallest absolute Gasteiger partial charge is 0.239 e. The fourth-order valence-electron chi connectivity index (χ4n) is 2.32. The number of rotatable bonds is 3. The Kier molecular flexibility index (Phi) is 4.33. The van der Waals surface area contributed by atoms with Gasteiger partial charge in [0, 0.05) is 25.7 Å². The molecular formula is C14H21N3O. The van der Waals surface area contributed by atoms with E-state index in [1.807, 2.05) is 35.2 Å². The van der Waals surface area contributed by atoms with E-state index in [1.165, 1.54) is 0 Å². The maximum atomic E-state index is 12.2. The molecule has 1 aromatic rings. The van der Waals surface area contributed by atoms with E-state index in [4.69, 9.17) is 5.73 Å². The van der Waals surface area contributed by atoms with Gasteiger partial charge in [0.15, 0.2) is 0 Å². The van der Waals surface area contributed by atoms with E-state index < -0.39 is 6.04 Å². The molecule has 2 atom stereocenters. The minimum atomic E-state index is -0.433. The predicted molar refractivity (Wildman–Crippen MR) is 72.2 cm³/mol. The number of carbonyl (C=O) groups excluding carboxylic acids is 1. The molecule has 1 aliphatic heterocycles. The van der Waals surface area contributed by atoms with Gasteiger partial charge in [0.05, 0.1) is 6.04 Å². The molecule has 2 rings (SSSR count). The van der Waals surface area contributed by atoms with Gasteiger partial charge in [-0.2, -0.15) is 0 Å². The number of nitrogens with zero attached hydrogens (tertiary/aromatic N) is 1. The van der Waals surface area contributed by atoms with Gasteiger partial charge in [-0.3, -0.25) is 4.79 Å². The van der Waals surface area contributed by atoms with E-state index in [0.717, 1.165) is 25.2 Å². The number of piperazine rings is 1. The van der Waals surface area contributed by atoms with Crippen molar-refractivity contribution in [3.8, 4) is 0 Å². The standard InChI is InChI=1S/C14H21N3O/c1-11-10-17(8-7-16-11)14(18)13(15)9-12-5-3-2-4-6-12/h2-6,11,13,16H,7-10,15H2,1H3/t11?,13-/m0/s1. The Morgan fingerprint density at radius 3 is 2.89 bits per heavy atom. The van der Waals surface area contributed by atoms with E-state index in [0.29, 0.717) is 12.5 Å². The summed E-state index contributed by atoms with van der Waals surface area (Å²) < 4.78 is 0. The molecule has 0 saturated carbocycles. The molecular weight excluding hydrogens is 226 g/mol. The van der Waals surface area contributed by atoms with Crippen LogP contribution < -0.4 is 11.1 Å². The molecule has 4 nitrogen and oxygen atoms in total. The number of nitrogens with one attached hydrogen (secondary N) is 1. The van der Waals surface area contributed by atoms with Gasteiger partial charge in [-0.15, -0.1) is 0 Å². The highest BCUT2D eigenvalue weighted by molar-refractivity contribution is 5.82. The first-order valence-corrected chi connectivity index (χ1v) is 6.48. The Hall–Kier alpha value is -1.39. The van der Waals surface area contributed by atoms with Crippen LogP contribution in [0.5, 0.6) is 0 Å². The molecule has 1 aliphatic rings. The lowest BCUT2D eigenvalue weighted by atomic mass is 10.0. The third kappa shape index (κ3) is 3.31. The highest BCUT2D eigenvalue weighted by Gasteiger charge is 2.24. The zero-order valence-corrected chi connectivity index (χ0v) is 10.8. The third-order valence-electron chi connectivity index (χ3n) is 3.30. The van der Waals surface area contributed by atoms with Crippen molar-refractivity contribution in [3.63, 3.8) is 0 Å². The first kappa shape index (κ1) is 13.1. The number of nitrogens with two attached hydrogens (primary N) is 1. The normalized spacial score (nSPS) is 21.7. The summed E-state index contributed by atoms with van der Waals surface area (Å²) in [7, 11) is 0. The van der Waals surface area contributed by atoms with Crippen molar-refractivity contribution in [1.82, 2.24) is 10.2 Å². The molecule has 0 aliphatic carbocycles. The van der Waals surface area contributed by atoms with Crippen LogP contribution in [0.4, 0.5) is 0 Å². The topological polar surface area (TPSA) is 58.4 Å². The Labute approximate surface area is 108 Å². The zero-order valence-electron chi connectivity index (χ0n) is 10.8. The summed E-state index contributed by atoms with van der Waals surface area (Å²) in [5, 5.41) is 3.32. The van der Waals surface area contributed by atoms with Gasteiger partial charge in [0.2, 0.25) is 5.91 Å². The predicted octanol–water partition coefficient (Wildman–Crippen LogP) is 0.377. The molecule has 0 bridgehead atoms. The van der Waals surface area contributed by atoms with E-state index in [2.05, 4.69) is 12.2 Å². The SMILES string of the molecule is CC1CN(C(=O)[C@@H](N)Cc2ccccc2)CCN1. The minimum absolute atomic E-state index is 0.0622. The van der Waals surface area contributed by atoms with Crippen molar-refractivity contribution >= 4 is 5.91 Å². The first-order chi connectivity index (χ1) is 8.66. The Bertz CT molecular complexity index is 393. The van der Waals surface area contributed by atoms with E-state index in [-0.39, 0.29) is 5.91 Å². The fraction of sp³-hybridized carbons (Fsp3) is 0.500. The Balaban J connectivity index is 1.92. The summed E-state index contributed by atoms with van der Waals surface area (Å²) in [4.78, 5) is 14.1. The first-order valence-electron chi connectivity index (χ1n) is 6.48. The molecule has 18 heavy (non-hydrogen) atoms. The molecule has 0 radical (unpaired) electrons. The van der Waals surface area contributed by atoms with Crippen LogP contribution in [0.15, 0.2) is 30.3 Å². The molecule has 1 unspecified atom stereocenters. The van der Waals surface area contributed by atoms with E-state index >= 15 is 0 Å². The van der Waals surface area contributed by atoms with Crippen molar-refractivity contribution in [3.05, 3.63) is 35.9 Å². The van der Waals surface area contributed by atoms with Crippen LogP contribution in [-0.2, 0) is 11.2 Å². The highest BCUT2D eigenvalue weighted by atomic mass is 16.2. The number of carbonyl (C=O) groups is 1. The van der Waals surface area contributed by atoms with Crippen LogP contribution in [0.2, 0.25) is 0 Å². The molecule has 4 heteroatoms.